The third-order valence-electron chi connectivity index (χ3n) is 2.44. The lowest BCUT2D eigenvalue weighted by Gasteiger charge is -2.35. The molecule has 0 aliphatic rings. The predicted molar refractivity (Wildman–Crippen MR) is 53.5 cm³/mol. The molecule has 70 valence electrons. The van der Waals surface area contributed by atoms with E-state index in [1.165, 1.54) is 0 Å². The van der Waals surface area contributed by atoms with Gasteiger partial charge in [-0.2, -0.15) is 0 Å². The first kappa shape index (κ1) is 17.0. The Labute approximate surface area is 71.2 Å². The van der Waals surface area contributed by atoms with Crippen LogP contribution in [0.4, 0.5) is 0 Å². The van der Waals surface area contributed by atoms with Crippen LogP contribution in [0.3, 0.4) is 0 Å². The van der Waals surface area contributed by atoms with Gasteiger partial charge in [0.1, 0.15) is 0 Å². The zero-order valence-electron chi connectivity index (χ0n) is 8.70. The second-order valence-corrected chi connectivity index (χ2v) is 4.18. The summed E-state index contributed by atoms with van der Waals surface area (Å²) in [5.41, 5.74) is 0.571. The molecule has 0 aromatic heterocycles. The quantitative estimate of drug-likeness (QED) is 0.576. The van der Waals surface area contributed by atoms with E-state index >= 15 is 0 Å². The largest absolute Gasteiger partial charge is 0.344 e. The van der Waals surface area contributed by atoms with Crippen LogP contribution in [0, 0.1) is 10.8 Å². The van der Waals surface area contributed by atoms with E-state index in [1.807, 2.05) is 6.08 Å². The van der Waals surface area contributed by atoms with Gasteiger partial charge in [-0.1, -0.05) is 40.7 Å². The third-order valence-corrected chi connectivity index (χ3v) is 2.44. The zero-order chi connectivity index (χ0) is 7.71. The summed E-state index contributed by atoms with van der Waals surface area (Å²) in [4.78, 5) is 0. The molecular weight excluding hydrogens is 136 g/mol. The van der Waals surface area contributed by atoms with E-state index in [1.54, 1.807) is 0 Å². The van der Waals surface area contributed by atoms with Crippen molar-refractivity contribution in [3.63, 3.8) is 0 Å². The molecule has 0 aromatic rings. The second kappa shape index (κ2) is 4.52. The van der Waals surface area contributed by atoms with Gasteiger partial charge in [0.15, 0.2) is 0 Å². The first-order valence-corrected chi connectivity index (χ1v) is 3.45. The van der Waals surface area contributed by atoms with E-state index < -0.39 is 0 Å². The molecule has 0 heterocycles. The van der Waals surface area contributed by atoms with Crippen LogP contribution >= 0.6 is 0 Å². The molecule has 2 heteroatoms. The Morgan fingerprint density at radius 1 is 0.909 bits per heavy atom. The summed E-state index contributed by atoms with van der Waals surface area (Å²) < 4.78 is 0. The van der Waals surface area contributed by atoms with Gasteiger partial charge in [-0.3, -0.25) is 0 Å². The molecule has 0 aromatic carbocycles. The maximum atomic E-state index is 3.80. The van der Waals surface area contributed by atoms with Gasteiger partial charge in [-0.05, 0) is 10.8 Å². The van der Waals surface area contributed by atoms with Crippen LogP contribution in [-0.4, -0.2) is 0 Å². The van der Waals surface area contributed by atoms with Crippen LogP contribution in [0.2, 0.25) is 0 Å². The maximum absolute atomic E-state index is 3.80. The van der Waals surface area contributed by atoms with E-state index in [4.69, 9.17) is 0 Å². The third kappa shape index (κ3) is 4.17. The molecule has 2 nitrogen and oxygen atoms in total. The fraction of sp³-hybridized carbons (Fsp3) is 0.778. The fourth-order valence-corrected chi connectivity index (χ4v) is 0.306. The van der Waals surface area contributed by atoms with Crippen molar-refractivity contribution >= 4 is 0 Å². The Hall–Kier alpha value is -0.340. The molecule has 0 spiro atoms. The van der Waals surface area contributed by atoms with Gasteiger partial charge in [0.25, 0.3) is 0 Å². The number of rotatable bonds is 1. The lowest BCUT2D eigenvalue weighted by atomic mass is 9.70. The lowest BCUT2D eigenvalue weighted by Crippen LogP contribution is -2.26. The van der Waals surface area contributed by atoms with Crippen LogP contribution in [-0.2, 0) is 0 Å². The van der Waals surface area contributed by atoms with Crippen LogP contribution < -0.4 is 12.3 Å². The van der Waals surface area contributed by atoms with Crippen LogP contribution in [0.1, 0.15) is 34.6 Å². The summed E-state index contributed by atoms with van der Waals surface area (Å²) >= 11 is 0. The second-order valence-electron chi connectivity index (χ2n) is 4.18. The fourth-order valence-electron chi connectivity index (χ4n) is 0.306. The first-order chi connectivity index (χ1) is 3.81. The summed E-state index contributed by atoms with van der Waals surface area (Å²) in [5, 5.41) is 0. The minimum atomic E-state index is 0. The highest BCUT2D eigenvalue weighted by Gasteiger charge is 2.28. The molecule has 0 aliphatic carbocycles. The van der Waals surface area contributed by atoms with Crippen molar-refractivity contribution in [2.75, 3.05) is 0 Å². The highest BCUT2D eigenvalue weighted by Crippen LogP contribution is 2.38. The summed E-state index contributed by atoms with van der Waals surface area (Å²) in [6.07, 6.45) is 2.02. The molecule has 0 saturated heterocycles. The number of hydrogen-bond donors (Lipinski definition) is 2. The van der Waals surface area contributed by atoms with Crippen molar-refractivity contribution in [1.82, 2.24) is 12.3 Å². The van der Waals surface area contributed by atoms with E-state index in [2.05, 4.69) is 41.2 Å². The molecule has 0 aliphatic heterocycles. The van der Waals surface area contributed by atoms with Crippen molar-refractivity contribution in [2.45, 2.75) is 34.6 Å². The molecule has 0 fully saturated rings. The maximum Gasteiger partial charge on any atom is -0.0129 e. The smallest absolute Gasteiger partial charge is 0.0129 e. The predicted octanol–water partition coefficient (Wildman–Crippen LogP) is 3.57. The first-order valence-electron chi connectivity index (χ1n) is 3.45. The van der Waals surface area contributed by atoms with E-state index in [0.717, 1.165) is 0 Å². The Morgan fingerprint density at radius 3 is 1.18 bits per heavy atom. The molecule has 0 atom stereocenters. The summed E-state index contributed by atoms with van der Waals surface area (Å²) in [6.45, 7) is 14.9. The van der Waals surface area contributed by atoms with Gasteiger partial charge < -0.3 is 12.3 Å². The highest BCUT2D eigenvalue weighted by molar-refractivity contribution is 4.95. The van der Waals surface area contributed by atoms with E-state index in [-0.39, 0.29) is 17.7 Å². The molecular formula is C9H24N2. The Kier molecular flexibility index (Phi) is 6.97. The van der Waals surface area contributed by atoms with Gasteiger partial charge in [-0.25, -0.2) is 0 Å². The van der Waals surface area contributed by atoms with Crippen molar-refractivity contribution in [2.24, 2.45) is 10.8 Å². The highest BCUT2D eigenvalue weighted by atomic mass is 14.3. The zero-order valence-corrected chi connectivity index (χ0v) is 8.70. The average molecular weight is 160 g/mol. The molecule has 0 bridgehead atoms. The van der Waals surface area contributed by atoms with Gasteiger partial charge in [0.05, 0.1) is 0 Å². The molecule has 11 heavy (non-hydrogen) atoms. The lowest BCUT2D eigenvalue weighted by molar-refractivity contribution is 0.193. The minimum absolute atomic E-state index is 0. The summed E-state index contributed by atoms with van der Waals surface area (Å²) in [7, 11) is 0. The summed E-state index contributed by atoms with van der Waals surface area (Å²) in [5.74, 6) is 0. The number of allylic oxidation sites excluding steroid dienone is 1. The van der Waals surface area contributed by atoms with E-state index in [0.29, 0.717) is 5.41 Å². The monoisotopic (exact) mass is 160 g/mol. The Morgan fingerprint density at radius 2 is 1.18 bits per heavy atom. The average Bonchev–Trinajstić information content (AvgIpc) is 1.64. The van der Waals surface area contributed by atoms with Crippen molar-refractivity contribution in [3.05, 3.63) is 12.7 Å². The minimum Gasteiger partial charge on any atom is -0.344 e. The van der Waals surface area contributed by atoms with Crippen molar-refractivity contribution in [3.8, 4) is 0 Å². The molecule has 0 radical (unpaired) electrons. The SMILES string of the molecule is C=CC(C)(C)C(C)(C)C.N.N. The van der Waals surface area contributed by atoms with Crippen LogP contribution in [0.5, 0.6) is 0 Å². The van der Waals surface area contributed by atoms with E-state index in [9.17, 15) is 0 Å². The molecule has 0 unspecified atom stereocenters. The summed E-state index contributed by atoms with van der Waals surface area (Å²) in [6, 6.07) is 0. The molecule has 0 amide bonds. The normalized spacial score (nSPS) is 11.0. The van der Waals surface area contributed by atoms with Gasteiger partial charge in [-0.15, -0.1) is 6.58 Å². The van der Waals surface area contributed by atoms with Gasteiger partial charge in [0, 0.05) is 0 Å². The molecule has 0 saturated carbocycles. The van der Waals surface area contributed by atoms with Gasteiger partial charge >= 0.3 is 0 Å². The Balaban J connectivity index is -0.000000320. The molecule has 6 N–H and O–H groups in total. The number of hydrogen-bond acceptors (Lipinski definition) is 2. The van der Waals surface area contributed by atoms with Gasteiger partial charge in [0.2, 0.25) is 0 Å². The standard InChI is InChI=1S/C9H18.2H3N/c1-7-9(5,6)8(2,3)4;;/h7H,1H2,2-6H3;2*1H3. The Bertz CT molecular complexity index is 109. The molecule has 0 rings (SSSR count). The van der Waals surface area contributed by atoms with Crippen LogP contribution in [0.25, 0.3) is 0 Å². The van der Waals surface area contributed by atoms with Crippen LogP contribution in [0.15, 0.2) is 12.7 Å². The topological polar surface area (TPSA) is 70.0 Å². The van der Waals surface area contributed by atoms with Crippen molar-refractivity contribution < 1.29 is 0 Å². The van der Waals surface area contributed by atoms with Crippen molar-refractivity contribution in [1.29, 1.82) is 0 Å².